The molecule has 1 amide bonds. The normalized spacial score (nSPS) is 27.4. The molecular weight excluding hydrogens is 250 g/mol. The first-order chi connectivity index (χ1) is 9.58. The monoisotopic (exact) mass is 269 g/mol. The quantitative estimate of drug-likeness (QED) is 0.825. The number of ether oxygens (including phenoxy) is 1. The van der Waals surface area contributed by atoms with E-state index < -0.39 is 5.41 Å². The zero-order valence-electron chi connectivity index (χ0n) is 12.1. The first-order valence-electron chi connectivity index (χ1n) is 6.85. The number of aryl methyl sites for hydroxylation is 1. The van der Waals surface area contributed by atoms with Crippen molar-refractivity contribution in [3.63, 3.8) is 0 Å². The van der Waals surface area contributed by atoms with Crippen molar-refractivity contribution < 1.29 is 9.53 Å². The van der Waals surface area contributed by atoms with Crippen LogP contribution in [0.25, 0.3) is 0 Å². The summed E-state index contributed by atoms with van der Waals surface area (Å²) in [5.41, 5.74) is 2.79. The molecule has 1 aliphatic carbocycles. The van der Waals surface area contributed by atoms with Crippen LogP contribution in [0.4, 0.5) is 5.69 Å². The van der Waals surface area contributed by atoms with E-state index in [9.17, 15) is 4.79 Å². The molecule has 2 atom stereocenters. The van der Waals surface area contributed by atoms with E-state index in [1.54, 1.807) is 12.0 Å². The van der Waals surface area contributed by atoms with Crippen LogP contribution in [0.15, 0.2) is 42.5 Å². The standard InChI is InChI=1S/C17H19NO2/c1-12-7-8-13-14-6-4-5-9-17(14,2)16(19)18(11-20-3)15(13)10-12/h4-10,14H,11H2,1-3H3/t14-,17-/m0/s1. The number of hydrogen-bond donors (Lipinski definition) is 0. The van der Waals surface area contributed by atoms with Crippen molar-refractivity contribution >= 4 is 11.6 Å². The maximum absolute atomic E-state index is 12.9. The van der Waals surface area contributed by atoms with E-state index in [2.05, 4.69) is 24.3 Å². The number of fused-ring (bicyclic) bond motifs is 3. The fourth-order valence-electron chi connectivity index (χ4n) is 3.17. The summed E-state index contributed by atoms with van der Waals surface area (Å²) in [5, 5.41) is 0. The van der Waals surface area contributed by atoms with Crippen molar-refractivity contribution in [2.75, 3.05) is 18.7 Å². The van der Waals surface area contributed by atoms with Crippen LogP contribution in [0.5, 0.6) is 0 Å². The highest BCUT2D eigenvalue weighted by Gasteiger charge is 2.47. The number of nitrogens with zero attached hydrogens (tertiary/aromatic N) is 1. The van der Waals surface area contributed by atoms with Crippen LogP contribution < -0.4 is 4.90 Å². The number of hydrogen-bond acceptors (Lipinski definition) is 2. The van der Waals surface area contributed by atoms with Crippen LogP contribution in [0.3, 0.4) is 0 Å². The van der Waals surface area contributed by atoms with E-state index in [1.807, 2.05) is 32.1 Å². The van der Waals surface area contributed by atoms with Crippen molar-refractivity contribution in [1.29, 1.82) is 0 Å². The Labute approximate surface area is 119 Å². The molecule has 0 N–H and O–H groups in total. The molecule has 1 heterocycles. The molecule has 1 aromatic carbocycles. The third-order valence-electron chi connectivity index (χ3n) is 4.28. The lowest BCUT2D eigenvalue weighted by molar-refractivity contribution is -0.127. The van der Waals surface area contributed by atoms with Crippen LogP contribution in [0.2, 0.25) is 0 Å². The highest BCUT2D eigenvalue weighted by Crippen LogP contribution is 2.49. The predicted molar refractivity (Wildman–Crippen MR) is 79.7 cm³/mol. The van der Waals surface area contributed by atoms with Gasteiger partial charge in [-0.2, -0.15) is 0 Å². The van der Waals surface area contributed by atoms with Gasteiger partial charge >= 0.3 is 0 Å². The molecule has 0 spiro atoms. The van der Waals surface area contributed by atoms with Gasteiger partial charge in [-0.3, -0.25) is 9.69 Å². The number of allylic oxidation sites excluding steroid dienone is 3. The van der Waals surface area contributed by atoms with Gasteiger partial charge < -0.3 is 4.74 Å². The summed E-state index contributed by atoms with van der Waals surface area (Å²) in [7, 11) is 1.62. The molecule has 0 bridgehead atoms. The lowest BCUT2D eigenvalue weighted by Crippen LogP contribution is -2.50. The first kappa shape index (κ1) is 13.1. The third kappa shape index (κ3) is 1.74. The number of anilines is 1. The molecule has 104 valence electrons. The zero-order valence-corrected chi connectivity index (χ0v) is 12.1. The Balaban J connectivity index is 2.21. The van der Waals surface area contributed by atoms with Gasteiger partial charge in [0.2, 0.25) is 5.91 Å². The molecule has 20 heavy (non-hydrogen) atoms. The fraction of sp³-hybridized carbons (Fsp3) is 0.353. The SMILES string of the molecule is COCN1C(=O)[C@@]2(C)C=CC=C[C@H]2c2ccc(C)cc21. The van der Waals surface area contributed by atoms with E-state index in [1.165, 1.54) is 5.56 Å². The number of benzene rings is 1. The number of carbonyl (C=O) groups excluding carboxylic acids is 1. The maximum Gasteiger partial charge on any atom is 0.239 e. The van der Waals surface area contributed by atoms with Gasteiger partial charge in [0, 0.05) is 13.0 Å². The summed E-state index contributed by atoms with van der Waals surface area (Å²) < 4.78 is 5.24. The smallest absolute Gasteiger partial charge is 0.239 e. The molecule has 0 fully saturated rings. The number of amides is 1. The Bertz CT molecular complexity index is 617. The lowest BCUT2D eigenvalue weighted by Gasteiger charge is -2.44. The number of carbonyl (C=O) groups is 1. The number of methoxy groups -OCH3 is 1. The molecule has 0 saturated heterocycles. The molecule has 0 unspecified atom stereocenters. The Hall–Kier alpha value is -1.87. The van der Waals surface area contributed by atoms with Gasteiger partial charge in [-0.15, -0.1) is 0 Å². The van der Waals surface area contributed by atoms with Gasteiger partial charge in [0.05, 0.1) is 11.1 Å². The van der Waals surface area contributed by atoms with Crippen molar-refractivity contribution in [3.05, 3.63) is 53.6 Å². The van der Waals surface area contributed by atoms with Gasteiger partial charge in [-0.05, 0) is 31.0 Å². The summed E-state index contributed by atoms with van der Waals surface area (Å²) in [6.45, 7) is 4.33. The van der Waals surface area contributed by atoms with Gasteiger partial charge in [0.1, 0.15) is 6.73 Å². The Morgan fingerprint density at radius 1 is 1.35 bits per heavy atom. The van der Waals surface area contributed by atoms with E-state index in [0.29, 0.717) is 0 Å². The Kier molecular flexibility index (Phi) is 3.02. The van der Waals surface area contributed by atoms with E-state index in [-0.39, 0.29) is 18.6 Å². The van der Waals surface area contributed by atoms with Gasteiger partial charge in [0.25, 0.3) is 0 Å². The molecule has 0 radical (unpaired) electrons. The molecule has 2 aliphatic rings. The Morgan fingerprint density at radius 3 is 2.90 bits per heavy atom. The minimum Gasteiger partial charge on any atom is -0.364 e. The van der Waals surface area contributed by atoms with E-state index >= 15 is 0 Å². The zero-order chi connectivity index (χ0) is 14.3. The van der Waals surface area contributed by atoms with Crippen molar-refractivity contribution in [3.8, 4) is 0 Å². The van der Waals surface area contributed by atoms with Gasteiger partial charge in [-0.25, -0.2) is 0 Å². The van der Waals surface area contributed by atoms with Gasteiger partial charge in [-0.1, -0.05) is 36.4 Å². The van der Waals surface area contributed by atoms with Crippen LogP contribution >= 0.6 is 0 Å². The molecule has 1 aromatic rings. The minimum absolute atomic E-state index is 0.100. The maximum atomic E-state index is 12.9. The Morgan fingerprint density at radius 2 is 2.15 bits per heavy atom. The van der Waals surface area contributed by atoms with Gasteiger partial charge in [0.15, 0.2) is 0 Å². The van der Waals surface area contributed by atoms with Crippen molar-refractivity contribution in [2.24, 2.45) is 5.41 Å². The highest BCUT2D eigenvalue weighted by molar-refractivity contribution is 6.03. The molecule has 1 aliphatic heterocycles. The second-order valence-corrected chi connectivity index (χ2v) is 5.72. The van der Waals surface area contributed by atoms with Crippen LogP contribution in [0, 0.1) is 12.3 Å². The van der Waals surface area contributed by atoms with Crippen LogP contribution in [-0.2, 0) is 9.53 Å². The minimum atomic E-state index is -0.518. The molecular formula is C17H19NO2. The molecule has 3 heteroatoms. The fourth-order valence-corrected chi connectivity index (χ4v) is 3.17. The third-order valence-corrected chi connectivity index (χ3v) is 4.28. The van der Waals surface area contributed by atoms with E-state index in [0.717, 1.165) is 11.3 Å². The summed E-state index contributed by atoms with van der Waals surface area (Å²) >= 11 is 0. The molecule has 3 nitrogen and oxygen atoms in total. The van der Waals surface area contributed by atoms with Crippen LogP contribution in [-0.4, -0.2) is 19.7 Å². The average Bonchev–Trinajstić information content (AvgIpc) is 2.44. The van der Waals surface area contributed by atoms with Crippen molar-refractivity contribution in [2.45, 2.75) is 19.8 Å². The summed E-state index contributed by atoms with van der Waals surface area (Å²) in [5.74, 6) is 0.201. The topological polar surface area (TPSA) is 29.5 Å². The first-order valence-corrected chi connectivity index (χ1v) is 6.85. The molecule has 0 aromatic heterocycles. The lowest BCUT2D eigenvalue weighted by atomic mass is 9.67. The second kappa shape index (κ2) is 4.60. The van der Waals surface area contributed by atoms with Crippen molar-refractivity contribution in [1.82, 2.24) is 0 Å². The summed E-state index contributed by atoms with van der Waals surface area (Å²) in [6.07, 6.45) is 8.11. The van der Waals surface area contributed by atoms with Crippen LogP contribution in [0.1, 0.15) is 24.0 Å². The summed E-state index contributed by atoms with van der Waals surface area (Å²) in [4.78, 5) is 14.7. The predicted octanol–water partition coefficient (Wildman–Crippen LogP) is 3.16. The van der Waals surface area contributed by atoms with E-state index in [4.69, 9.17) is 4.74 Å². The molecule has 3 rings (SSSR count). The largest absolute Gasteiger partial charge is 0.364 e. The number of rotatable bonds is 2. The summed E-state index contributed by atoms with van der Waals surface area (Å²) in [6, 6.07) is 6.30. The average molecular weight is 269 g/mol. The second-order valence-electron chi connectivity index (χ2n) is 5.72. The highest BCUT2D eigenvalue weighted by atomic mass is 16.5. The molecule has 0 saturated carbocycles.